The number of amides is 2. The minimum atomic E-state index is -0.361. The molecule has 6 nitrogen and oxygen atoms in total. The Morgan fingerprint density at radius 2 is 2.08 bits per heavy atom. The van der Waals surface area contributed by atoms with Crippen molar-refractivity contribution < 1.29 is 18.1 Å². The molecule has 1 aromatic carbocycles. The summed E-state index contributed by atoms with van der Waals surface area (Å²) >= 11 is 0. The molecule has 2 aromatic heterocycles. The highest BCUT2D eigenvalue weighted by atomic mass is 19.1. The van der Waals surface area contributed by atoms with Crippen molar-refractivity contribution in [2.24, 2.45) is 0 Å². The third-order valence-electron chi connectivity index (χ3n) is 4.28. The van der Waals surface area contributed by atoms with Crippen LogP contribution in [0.1, 0.15) is 41.3 Å². The van der Waals surface area contributed by atoms with Crippen molar-refractivity contribution in [2.75, 3.05) is 0 Å². The Labute approximate surface area is 144 Å². The van der Waals surface area contributed by atoms with Gasteiger partial charge in [0.1, 0.15) is 22.9 Å². The molecule has 7 heteroatoms. The van der Waals surface area contributed by atoms with Crippen molar-refractivity contribution >= 4 is 17.0 Å². The summed E-state index contributed by atoms with van der Waals surface area (Å²) < 4.78 is 24.2. The number of carbonyl (C=O) groups is 1. The van der Waals surface area contributed by atoms with Crippen LogP contribution in [0.2, 0.25) is 0 Å². The predicted octanol–water partition coefficient (Wildman–Crippen LogP) is 4.05. The number of hydrogen-bond acceptors (Lipinski definition) is 4. The summed E-state index contributed by atoms with van der Waals surface area (Å²) in [4.78, 5) is 12.2. The molecule has 25 heavy (non-hydrogen) atoms. The molecular formula is C18H20FN3O3. The summed E-state index contributed by atoms with van der Waals surface area (Å²) in [5, 5.41) is 10.2. The lowest BCUT2D eigenvalue weighted by Crippen LogP contribution is -2.36. The highest BCUT2D eigenvalue weighted by Gasteiger charge is 2.19. The van der Waals surface area contributed by atoms with Gasteiger partial charge in [-0.3, -0.25) is 0 Å². The van der Waals surface area contributed by atoms with E-state index in [9.17, 15) is 9.18 Å². The lowest BCUT2D eigenvalue weighted by molar-refractivity contribution is 0.236. The summed E-state index contributed by atoms with van der Waals surface area (Å²) in [6.45, 7) is 7.61. The van der Waals surface area contributed by atoms with Gasteiger partial charge in [-0.25, -0.2) is 9.18 Å². The molecule has 132 valence electrons. The molecule has 3 rings (SSSR count). The molecule has 0 saturated carbocycles. The Kier molecular flexibility index (Phi) is 4.48. The summed E-state index contributed by atoms with van der Waals surface area (Å²) in [6.07, 6.45) is 0. The molecule has 0 fully saturated rings. The van der Waals surface area contributed by atoms with Crippen LogP contribution in [0.4, 0.5) is 9.18 Å². The summed E-state index contributed by atoms with van der Waals surface area (Å²) in [7, 11) is 0. The molecule has 0 aliphatic carbocycles. The van der Waals surface area contributed by atoms with Gasteiger partial charge in [0.05, 0.1) is 11.7 Å². The number of nitrogens with one attached hydrogen (secondary N) is 2. The molecule has 0 aliphatic rings. The standard InChI is InChI=1S/C18H20FN3O3/c1-9-14-7-13(19)5-6-16(14)24-17(9)11(3)21-18(23)20-8-15-10(2)22-25-12(15)4/h5-7,11H,8H2,1-4H3,(H2,20,21,23)/t11-/m0/s1. The number of furan rings is 1. The van der Waals surface area contributed by atoms with Gasteiger partial charge in [0.25, 0.3) is 0 Å². The lowest BCUT2D eigenvalue weighted by Gasteiger charge is -2.13. The van der Waals surface area contributed by atoms with E-state index in [1.807, 2.05) is 20.8 Å². The molecule has 3 aromatic rings. The maximum Gasteiger partial charge on any atom is 0.315 e. The molecular weight excluding hydrogens is 325 g/mol. The van der Waals surface area contributed by atoms with Gasteiger partial charge in [0.2, 0.25) is 0 Å². The second-order valence-electron chi connectivity index (χ2n) is 6.08. The third kappa shape index (κ3) is 3.35. The smallest absolute Gasteiger partial charge is 0.315 e. The first-order valence-electron chi connectivity index (χ1n) is 8.01. The fraction of sp³-hybridized carbons (Fsp3) is 0.333. The van der Waals surface area contributed by atoms with Crippen molar-refractivity contribution in [1.29, 1.82) is 0 Å². The Balaban J connectivity index is 1.68. The van der Waals surface area contributed by atoms with Crippen LogP contribution in [0.3, 0.4) is 0 Å². The highest BCUT2D eigenvalue weighted by Crippen LogP contribution is 2.29. The van der Waals surface area contributed by atoms with Gasteiger partial charge in [-0.2, -0.15) is 0 Å². The zero-order valence-corrected chi connectivity index (χ0v) is 14.6. The number of nitrogens with zero attached hydrogens (tertiary/aromatic N) is 1. The van der Waals surface area contributed by atoms with E-state index in [-0.39, 0.29) is 17.9 Å². The number of fused-ring (bicyclic) bond motifs is 1. The van der Waals surface area contributed by atoms with Crippen molar-refractivity contribution in [3.63, 3.8) is 0 Å². The normalized spacial score (nSPS) is 12.4. The first-order chi connectivity index (χ1) is 11.9. The Bertz CT molecular complexity index is 910. The number of hydrogen-bond donors (Lipinski definition) is 2. The van der Waals surface area contributed by atoms with E-state index in [1.165, 1.54) is 12.1 Å². The van der Waals surface area contributed by atoms with Gasteiger partial charge in [0, 0.05) is 23.1 Å². The summed E-state index contributed by atoms with van der Waals surface area (Å²) in [5.41, 5.74) is 3.02. The number of rotatable bonds is 4. The molecule has 0 spiro atoms. The average molecular weight is 345 g/mol. The van der Waals surface area contributed by atoms with E-state index < -0.39 is 0 Å². The number of carbonyl (C=O) groups excluding carboxylic acids is 1. The Hall–Kier alpha value is -2.83. The van der Waals surface area contributed by atoms with E-state index in [0.717, 1.165) is 16.8 Å². The monoisotopic (exact) mass is 345 g/mol. The topological polar surface area (TPSA) is 80.3 Å². The SMILES string of the molecule is Cc1noc(C)c1CNC(=O)N[C@@H](C)c1oc2ccc(F)cc2c1C. The highest BCUT2D eigenvalue weighted by molar-refractivity contribution is 5.82. The van der Waals surface area contributed by atoms with E-state index >= 15 is 0 Å². The van der Waals surface area contributed by atoms with Crippen LogP contribution in [0, 0.1) is 26.6 Å². The molecule has 2 N–H and O–H groups in total. The minimum Gasteiger partial charge on any atom is -0.459 e. The molecule has 0 unspecified atom stereocenters. The van der Waals surface area contributed by atoms with E-state index in [2.05, 4.69) is 15.8 Å². The molecule has 2 heterocycles. The van der Waals surface area contributed by atoms with E-state index in [0.29, 0.717) is 29.0 Å². The van der Waals surface area contributed by atoms with Crippen molar-refractivity contribution in [3.8, 4) is 0 Å². The number of urea groups is 1. The first kappa shape index (κ1) is 17.0. The van der Waals surface area contributed by atoms with Crippen LogP contribution < -0.4 is 10.6 Å². The maximum atomic E-state index is 13.4. The summed E-state index contributed by atoms with van der Waals surface area (Å²) in [5.74, 6) is 0.967. The second kappa shape index (κ2) is 6.58. The van der Waals surface area contributed by atoms with Crippen LogP contribution >= 0.6 is 0 Å². The molecule has 0 radical (unpaired) electrons. The molecule has 0 bridgehead atoms. The van der Waals surface area contributed by atoms with Crippen LogP contribution in [0.5, 0.6) is 0 Å². The van der Waals surface area contributed by atoms with Crippen molar-refractivity contribution in [2.45, 2.75) is 40.3 Å². The third-order valence-corrected chi connectivity index (χ3v) is 4.28. The van der Waals surface area contributed by atoms with Gasteiger partial charge < -0.3 is 19.6 Å². The second-order valence-corrected chi connectivity index (χ2v) is 6.08. The predicted molar refractivity (Wildman–Crippen MR) is 90.7 cm³/mol. The number of aryl methyl sites for hydroxylation is 3. The summed E-state index contributed by atoms with van der Waals surface area (Å²) in [6, 6.07) is 3.68. The van der Waals surface area contributed by atoms with Crippen LogP contribution in [0.15, 0.2) is 27.1 Å². The van der Waals surface area contributed by atoms with Gasteiger partial charge in [-0.1, -0.05) is 5.16 Å². The van der Waals surface area contributed by atoms with E-state index in [1.54, 1.807) is 13.0 Å². The number of aromatic nitrogens is 1. The zero-order valence-electron chi connectivity index (χ0n) is 14.6. The number of benzene rings is 1. The van der Waals surface area contributed by atoms with Crippen molar-refractivity contribution in [1.82, 2.24) is 15.8 Å². The van der Waals surface area contributed by atoms with Crippen LogP contribution in [0.25, 0.3) is 11.0 Å². The Morgan fingerprint density at radius 3 is 2.76 bits per heavy atom. The maximum absolute atomic E-state index is 13.4. The minimum absolute atomic E-state index is 0.319. The molecule has 0 saturated heterocycles. The van der Waals surface area contributed by atoms with Crippen molar-refractivity contribution in [3.05, 3.63) is 52.4 Å². The quantitative estimate of drug-likeness (QED) is 0.748. The molecule has 0 aliphatic heterocycles. The van der Waals surface area contributed by atoms with Gasteiger partial charge in [0.15, 0.2) is 0 Å². The fourth-order valence-corrected chi connectivity index (χ4v) is 2.86. The van der Waals surface area contributed by atoms with Crippen LogP contribution in [-0.4, -0.2) is 11.2 Å². The van der Waals surface area contributed by atoms with Crippen LogP contribution in [-0.2, 0) is 6.54 Å². The molecule has 1 atom stereocenters. The van der Waals surface area contributed by atoms with E-state index in [4.69, 9.17) is 8.94 Å². The zero-order chi connectivity index (χ0) is 18.1. The van der Waals surface area contributed by atoms with Gasteiger partial charge in [-0.15, -0.1) is 0 Å². The van der Waals surface area contributed by atoms with Gasteiger partial charge >= 0.3 is 6.03 Å². The Morgan fingerprint density at radius 1 is 1.32 bits per heavy atom. The average Bonchev–Trinajstić information content (AvgIpc) is 3.06. The largest absolute Gasteiger partial charge is 0.459 e. The first-order valence-corrected chi connectivity index (χ1v) is 8.01. The van der Waals surface area contributed by atoms with Gasteiger partial charge in [-0.05, 0) is 45.9 Å². The molecule has 2 amide bonds. The lowest BCUT2D eigenvalue weighted by atomic mass is 10.1. The fourth-order valence-electron chi connectivity index (χ4n) is 2.86. The number of halogens is 1.